The number of nitrogens with one attached hydrogen (secondary N) is 2. The first-order valence-electron chi connectivity index (χ1n) is 8.76. The largest absolute Gasteiger partial charge is 0.394 e. The third-order valence-electron chi connectivity index (χ3n) is 3.90. The second-order valence-corrected chi connectivity index (χ2v) is 8.85. The van der Waals surface area contributed by atoms with Crippen molar-refractivity contribution in [2.75, 3.05) is 18.5 Å². The standard InChI is InChI=1S/C19H22FIN2O5S/c1-9(2)15-16(18(27)23-28-8-12(26)7-24)19(29-17(15)10(3)25)22-14-5-4-11(21)6-13(14)20/h4-6,9,12,22,24,26H,7-8H2,1-3H3,(H,23,27)/t12-/m1/s1. The van der Waals surface area contributed by atoms with Gasteiger partial charge in [-0.15, -0.1) is 11.3 Å². The molecule has 1 atom stereocenters. The zero-order chi connectivity index (χ0) is 21.7. The predicted molar refractivity (Wildman–Crippen MR) is 117 cm³/mol. The Labute approximate surface area is 185 Å². The monoisotopic (exact) mass is 536 g/mol. The first-order valence-corrected chi connectivity index (χ1v) is 10.7. The van der Waals surface area contributed by atoms with Crippen molar-refractivity contribution in [2.24, 2.45) is 0 Å². The number of anilines is 2. The summed E-state index contributed by atoms with van der Waals surface area (Å²) in [6.45, 7) is 4.27. The molecule has 1 aromatic carbocycles. The van der Waals surface area contributed by atoms with Gasteiger partial charge in [0.05, 0.1) is 22.7 Å². The summed E-state index contributed by atoms with van der Waals surface area (Å²) in [5, 5.41) is 21.4. The Kier molecular flexibility index (Phi) is 8.52. The molecule has 0 spiro atoms. The molecule has 1 aromatic heterocycles. The van der Waals surface area contributed by atoms with Crippen LogP contribution >= 0.6 is 33.9 Å². The van der Waals surface area contributed by atoms with Gasteiger partial charge in [-0.2, -0.15) is 0 Å². The van der Waals surface area contributed by atoms with Crippen LogP contribution in [-0.4, -0.2) is 41.2 Å². The molecule has 0 aliphatic rings. The number of hydrogen-bond acceptors (Lipinski definition) is 7. The summed E-state index contributed by atoms with van der Waals surface area (Å²) in [6, 6.07) is 4.62. The van der Waals surface area contributed by atoms with Crippen LogP contribution in [0.15, 0.2) is 18.2 Å². The Morgan fingerprint density at radius 3 is 2.59 bits per heavy atom. The molecule has 1 heterocycles. The molecule has 10 heteroatoms. The minimum Gasteiger partial charge on any atom is -0.394 e. The highest BCUT2D eigenvalue weighted by atomic mass is 127. The molecular weight excluding hydrogens is 514 g/mol. The molecule has 0 unspecified atom stereocenters. The number of hydrogen-bond donors (Lipinski definition) is 4. The number of benzene rings is 1. The van der Waals surface area contributed by atoms with Gasteiger partial charge in [-0.05, 0) is 59.2 Å². The van der Waals surface area contributed by atoms with Crippen molar-refractivity contribution in [3.8, 4) is 0 Å². The Hall–Kier alpha value is -1.60. The van der Waals surface area contributed by atoms with Gasteiger partial charge in [0.2, 0.25) is 0 Å². The van der Waals surface area contributed by atoms with Crippen molar-refractivity contribution in [1.29, 1.82) is 0 Å². The maximum atomic E-state index is 14.3. The van der Waals surface area contributed by atoms with E-state index in [1.807, 2.05) is 36.4 Å². The Bertz CT molecular complexity index is 903. The minimum atomic E-state index is -1.14. The van der Waals surface area contributed by atoms with Crippen molar-refractivity contribution in [1.82, 2.24) is 5.48 Å². The van der Waals surface area contributed by atoms with Crippen molar-refractivity contribution in [2.45, 2.75) is 32.8 Å². The summed E-state index contributed by atoms with van der Waals surface area (Å²) in [7, 11) is 0. The number of thiophene rings is 1. The van der Waals surface area contributed by atoms with E-state index in [1.54, 1.807) is 12.1 Å². The van der Waals surface area contributed by atoms with Crippen LogP contribution in [0.5, 0.6) is 0 Å². The van der Waals surface area contributed by atoms with Gasteiger partial charge in [0, 0.05) is 3.57 Å². The molecule has 2 rings (SSSR count). The minimum absolute atomic E-state index is 0.161. The van der Waals surface area contributed by atoms with E-state index >= 15 is 0 Å². The molecule has 4 N–H and O–H groups in total. The molecule has 0 aliphatic heterocycles. The average molecular weight is 536 g/mol. The lowest BCUT2D eigenvalue weighted by atomic mass is 9.97. The van der Waals surface area contributed by atoms with Gasteiger partial charge < -0.3 is 15.5 Å². The predicted octanol–water partition coefficient (Wildman–Crippen LogP) is 3.58. The molecule has 158 valence electrons. The zero-order valence-corrected chi connectivity index (χ0v) is 19.1. The lowest BCUT2D eigenvalue weighted by Crippen LogP contribution is -2.30. The van der Waals surface area contributed by atoms with E-state index in [2.05, 4.69) is 10.8 Å². The van der Waals surface area contributed by atoms with Gasteiger partial charge in [0.25, 0.3) is 5.91 Å². The number of hydroxylamine groups is 1. The summed E-state index contributed by atoms with van der Waals surface area (Å²) >= 11 is 3.06. The van der Waals surface area contributed by atoms with Gasteiger partial charge in [-0.25, -0.2) is 9.87 Å². The van der Waals surface area contributed by atoms with E-state index in [-0.39, 0.29) is 29.6 Å². The van der Waals surface area contributed by atoms with Gasteiger partial charge in [0.1, 0.15) is 23.5 Å². The van der Waals surface area contributed by atoms with E-state index in [9.17, 15) is 19.1 Å². The van der Waals surface area contributed by atoms with Crippen LogP contribution in [0, 0.1) is 9.39 Å². The molecule has 0 radical (unpaired) electrons. The summed E-state index contributed by atoms with van der Waals surface area (Å²) in [5.41, 5.74) is 3.08. The highest BCUT2D eigenvalue weighted by Crippen LogP contribution is 2.40. The maximum Gasteiger partial charge on any atom is 0.278 e. The summed E-state index contributed by atoms with van der Waals surface area (Å²) < 4.78 is 15.0. The van der Waals surface area contributed by atoms with Crippen molar-refractivity contribution in [3.63, 3.8) is 0 Å². The number of carbonyl (C=O) groups excluding carboxylic acids is 2. The number of halogens is 2. The lowest BCUT2D eigenvalue weighted by Gasteiger charge is -2.14. The number of amides is 1. The fraction of sp³-hybridized carbons (Fsp3) is 0.368. The molecule has 0 saturated heterocycles. The molecule has 0 saturated carbocycles. The Morgan fingerprint density at radius 2 is 2.03 bits per heavy atom. The highest BCUT2D eigenvalue weighted by molar-refractivity contribution is 14.1. The van der Waals surface area contributed by atoms with Crippen LogP contribution in [0.25, 0.3) is 0 Å². The number of rotatable bonds is 9. The second-order valence-electron chi connectivity index (χ2n) is 6.59. The maximum absolute atomic E-state index is 14.3. The topological polar surface area (TPSA) is 108 Å². The van der Waals surface area contributed by atoms with E-state index in [4.69, 9.17) is 9.94 Å². The molecule has 0 aliphatic carbocycles. The molecular formula is C19H22FIN2O5S. The fourth-order valence-electron chi connectivity index (χ4n) is 2.59. The smallest absolute Gasteiger partial charge is 0.278 e. The number of ketones is 1. The van der Waals surface area contributed by atoms with Crippen LogP contribution in [-0.2, 0) is 4.84 Å². The van der Waals surface area contributed by atoms with Gasteiger partial charge >= 0.3 is 0 Å². The first kappa shape index (κ1) is 23.7. The number of aliphatic hydroxyl groups excluding tert-OH is 2. The Balaban J connectivity index is 2.44. The lowest BCUT2D eigenvalue weighted by molar-refractivity contribution is -0.0295. The third kappa shape index (κ3) is 5.95. The molecule has 7 nitrogen and oxygen atoms in total. The van der Waals surface area contributed by atoms with Gasteiger partial charge in [0.15, 0.2) is 5.78 Å². The van der Waals surface area contributed by atoms with Crippen LogP contribution in [0.4, 0.5) is 15.1 Å². The molecule has 1 amide bonds. The third-order valence-corrected chi connectivity index (χ3v) is 5.79. The normalized spacial score (nSPS) is 12.1. The number of carbonyl (C=O) groups is 2. The van der Waals surface area contributed by atoms with Crippen molar-refractivity contribution in [3.05, 3.63) is 43.6 Å². The van der Waals surface area contributed by atoms with E-state index in [0.29, 0.717) is 15.4 Å². The number of aliphatic hydroxyl groups is 2. The molecule has 0 bridgehead atoms. The van der Waals surface area contributed by atoms with E-state index in [1.165, 1.54) is 13.0 Å². The van der Waals surface area contributed by atoms with Crippen LogP contribution < -0.4 is 10.8 Å². The summed E-state index contributed by atoms with van der Waals surface area (Å²) in [5.74, 6) is -1.50. The second kappa shape index (κ2) is 10.4. The van der Waals surface area contributed by atoms with Gasteiger partial charge in [-0.3, -0.25) is 14.4 Å². The van der Waals surface area contributed by atoms with Crippen molar-refractivity contribution >= 4 is 56.3 Å². The van der Waals surface area contributed by atoms with Crippen LogP contribution in [0.1, 0.15) is 52.3 Å². The van der Waals surface area contributed by atoms with Crippen molar-refractivity contribution < 1.29 is 29.0 Å². The average Bonchev–Trinajstić information content (AvgIpc) is 3.03. The fourth-order valence-corrected chi connectivity index (χ4v) is 4.30. The quantitative estimate of drug-likeness (QED) is 0.222. The Morgan fingerprint density at radius 1 is 1.34 bits per heavy atom. The van der Waals surface area contributed by atoms with E-state index < -0.39 is 24.4 Å². The van der Waals surface area contributed by atoms with Crippen LogP contribution in [0.3, 0.4) is 0 Å². The van der Waals surface area contributed by atoms with E-state index in [0.717, 1.165) is 14.9 Å². The number of Topliss-reactive ketones (excluding diaryl/α,β-unsaturated/α-hetero) is 1. The molecule has 2 aromatic rings. The molecule has 0 fully saturated rings. The van der Waals surface area contributed by atoms with Gasteiger partial charge in [-0.1, -0.05) is 13.8 Å². The highest BCUT2D eigenvalue weighted by Gasteiger charge is 2.28. The zero-order valence-electron chi connectivity index (χ0n) is 16.1. The summed E-state index contributed by atoms with van der Waals surface area (Å²) in [6.07, 6.45) is -1.14. The SMILES string of the molecule is CC(=O)c1sc(Nc2ccc(I)cc2F)c(C(=O)NOC[C@H](O)CO)c1C(C)C. The van der Waals surface area contributed by atoms with Crippen LogP contribution in [0.2, 0.25) is 0 Å². The first-order chi connectivity index (χ1) is 13.6. The molecule has 29 heavy (non-hydrogen) atoms. The summed E-state index contributed by atoms with van der Waals surface area (Å²) in [4.78, 5) is 30.3.